The maximum atomic E-state index is 11.8. The van der Waals surface area contributed by atoms with Gasteiger partial charge in [-0.05, 0) is 18.9 Å². The fourth-order valence-corrected chi connectivity index (χ4v) is 1.70. The van der Waals surface area contributed by atoms with E-state index in [4.69, 9.17) is 0 Å². The third kappa shape index (κ3) is 2.72. The third-order valence-electron chi connectivity index (χ3n) is 2.64. The van der Waals surface area contributed by atoms with Crippen LogP contribution in [0, 0.1) is 0 Å². The zero-order valence-corrected chi connectivity index (χ0v) is 9.16. The highest BCUT2D eigenvalue weighted by atomic mass is 16.2. The number of hydrogen-bond donors (Lipinski definition) is 3. The van der Waals surface area contributed by atoms with E-state index >= 15 is 0 Å². The van der Waals surface area contributed by atoms with Gasteiger partial charge < -0.3 is 15.6 Å². The molecule has 1 aromatic rings. The van der Waals surface area contributed by atoms with Gasteiger partial charge in [-0.1, -0.05) is 0 Å². The molecular formula is C11H13N3O3. The van der Waals surface area contributed by atoms with E-state index in [1.807, 2.05) is 0 Å². The van der Waals surface area contributed by atoms with Crippen molar-refractivity contribution in [2.45, 2.75) is 18.9 Å². The minimum absolute atomic E-state index is 0.158. The standard InChI is InChI=1S/C11H13N3O3/c15-9-4-3-7(6-13-9)10(16)14-8-2-1-5-12-11(8)17/h3-4,6,8H,1-2,5H2,(H,12,17)(H,13,15)(H,14,16). The number of carbonyl (C=O) groups is 2. The van der Waals surface area contributed by atoms with Gasteiger partial charge in [-0.2, -0.15) is 0 Å². The SMILES string of the molecule is O=C(NC1CCCNC1=O)c1ccc(=O)[nH]c1. The molecule has 1 unspecified atom stereocenters. The zero-order chi connectivity index (χ0) is 12.3. The van der Waals surface area contributed by atoms with Gasteiger partial charge in [-0.15, -0.1) is 0 Å². The number of rotatable bonds is 2. The molecule has 2 rings (SSSR count). The number of H-pyrrole nitrogens is 1. The molecule has 0 radical (unpaired) electrons. The lowest BCUT2D eigenvalue weighted by Crippen LogP contribution is -2.50. The van der Waals surface area contributed by atoms with Crippen LogP contribution >= 0.6 is 0 Å². The summed E-state index contributed by atoms with van der Waals surface area (Å²) >= 11 is 0. The number of amides is 2. The van der Waals surface area contributed by atoms with Crippen LogP contribution in [0.5, 0.6) is 0 Å². The van der Waals surface area contributed by atoms with Crippen molar-refractivity contribution < 1.29 is 9.59 Å². The Morgan fingerprint density at radius 1 is 1.35 bits per heavy atom. The summed E-state index contributed by atoms with van der Waals surface area (Å²) in [5, 5.41) is 5.32. The minimum Gasteiger partial charge on any atom is -0.354 e. The first-order valence-electron chi connectivity index (χ1n) is 5.44. The van der Waals surface area contributed by atoms with Crippen molar-refractivity contribution in [3.8, 4) is 0 Å². The zero-order valence-electron chi connectivity index (χ0n) is 9.16. The van der Waals surface area contributed by atoms with Crippen molar-refractivity contribution >= 4 is 11.8 Å². The molecule has 1 fully saturated rings. The van der Waals surface area contributed by atoms with Crippen LogP contribution in [-0.4, -0.2) is 29.4 Å². The summed E-state index contributed by atoms with van der Waals surface area (Å²) in [6.45, 7) is 0.657. The van der Waals surface area contributed by atoms with Crippen molar-refractivity contribution in [3.05, 3.63) is 34.2 Å². The molecule has 0 bridgehead atoms. The smallest absolute Gasteiger partial charge is 0.253 e. The molecule has 0 aromatic carbocycles. The van der Waals surface area contributed by atoms with Crippen molar-refractivity contribution in [1.29, 1.82) is 0 Å². The fourth-order valence-electron chi connectivity index (χ4n) is 1.70. The first kappa shape index (κ1) is 11.4. The molecule has 1 atom stereocenters. The number of carbonyl (C=O) groups excluding carboxylic acids is 2. The molecule has 1 saturated heterocycles. The Kier molecular flexibility index (Phi) is 3.22. The van der Waals surface area contributed by atoms with Crippen molar-refractivity contribution in [2.75, 3.05) is 6.54 Å². The Labute approximate surface area is 97.4 Å². The number of hydrogen-bond acceptors (Lipinski definition) is 3. The van der Waals surface area contributed by atoms with Gasteiger partial charge >= 0.3 is 0 Å². The normalized spacial score (nSPS) is 19.5. The van der Waals surface area contributed by atoms with Crippen molar-refractivity contribution in [2.24, 2.45) is 0 Å². The van der Waals surface area contributed by atoms with Gasteiger partial charge in [-0.3, -0.25) is 14.4 Å². The summed E-state index contributed by atoms with van der Waals surface area (Å²) in [7, 11) is 0. The summed E-state index contributed by atoms with van der Waals surface area (Å²) in [6.07, 6.45) is 2.82. The van der Waals surface area contributed by atoms with E-state index in [1.165, 1.54) is 18.3 Å². The Bertz CT molecular complexity index is 474. The third-order valence-corrected chi connectivity index (χ3v) is 2.64. The van der Waals surface area contributed by atoms with Crippen LogP contribution in [0.1, 0.15) is 23.2 Å². The summed E-state index contributed by atoms with van der Waals surface area (Å²) in [5.74, 6) is -0.516. The average molecular weight is 235 g/mol. The molecule has 17 heavy (non-hydrogen) atoms. The Hall–Kier alpha value is -2.11. The van der Waals surface area contributed by atoms with Gasteiger partial charge in [0.1, 0.15) is 6.04 Å². The average Bonchev–Trinajstić information content (AvgIpc) is 2.33. The Balaban J connectivity index is 2.03. The molecule has 6 nitrogen and oxygen atoms in total. The second-order valence-corrected chi connectivity index (χ2v) is 3.90. The van der Waals surface area contributed by atoms with E-state index in [0.717, 1.165) is 6.42 Å². The molecule has 2 heterocycles. The van der Waals surface area contributed by atoms with Gasteiger partial charge in [0.15, 0.2) is 0 Å². The van der Waals surface area contributed by atoms with E-state index in [2.05, 4.69) is 15.6 Å². The summed E-state index contributed by atoms with van der Waals surface area (Å²) in [6, 6.07) is 2.22. The molecule has 90 valence electrons. The summed E-state index contributed by atoms with van der Waals surface area (Å²) < 4.78 is 0. The molecule has 0 saturated carbocycles. The van der Waals surface area contributed by atoms with E-state index in [1.54, 1.807) is 0 Å². The molecule has 0 spiro atoms. The van der Waals surface area contributed by atoms with Gasteiger partial charge in [0.05, 0.1) is 5.56 Å². The molecule has 1 aromatic heterocycles. The van der Waals surface area contributed by atoms with Crippen LogP contribution in [0.4, 0.5) is 0 Å². The van der Waals surface area contributed by atoms with E-state index in [0.29, 0.717) is 18.5 Å². The van der Waals surface area contributed by atoms with Crippen molar-refractivity contribution in [1.82, 2.24) is 15.6 Å². The van der Waals surface area contributed by atoms with Crippen LogP contribution in [-0.2, 0) is 4.79 Å². The lowest BCUT2D eigenvalue weighted by molar-refractivity contribution is -0.124. The second-order valence-electron chi connectivity index (χ2n) is 3.90. The lowest BCUT2D eigenvalue weighted by atomic mass is 10.1. The second kappa shape index (κ2) is 4.82. The van der Waals surface area contributed by atoms with Crippen LogP contribution in [0.3, 0.4) is 0 Å². The van der Waals surface area contributed by atoms with Gasteiger partial charge in [-0.25, -0.2) is 0 Å². The van der Waals surface area contributed by atoms with Gasteiger partial charge in [0, 0.05) is 18.8 Å². The number of aromatic amines is 1. The van der Waals surface area contributed by atoms with Crippen molar-refractivity contribution in [3.63, 3.8) is 0 Å². The highest BCUT2D eigenvalue weighted by Gasteiger charge is 2.23. The van der Waals surface area contributed by atoms with E-state index < -0.39 is 6.04 Å². The molecule has 1 aliphatic rings. The van der Waals surface area contributed by atoms with Gasteiger partial charge in [0.25, 0.3) is 5.91 Å². The number of piperidine rings is 1. The predicted molar refractivity (Wildman–Crippen MR) is 60.6 cm³/mol. The van der Waals surface area contributed by atoms with E-state index in [9.17, 15) is 14.4 Å². The fraction of sp³-hybridized carbons (Fsp3) is 0.364. The first-order chi connectivity index (χ1) is 8.16. The van der Waals surface area contributed by atoms with Crippen LogP contribution in [0.25, 0.3) is 0 Å². The monoisotopic (exact) mass is 235 g/mol. The number of nitrogens with one attached hydrogen (secondary N) is 3. The molecular weight excluding hydrogens is 222 g/mol. The summed E-state index contributed by atoms with van der Waals surface area (Å²) in [4.78, 5) is 36.4. The Morgan fingerprint density at radius 2 is 2.18 bits per heavy atom. The van der Waals surface area contributed by atoms with Crippen LogP contribution in [0.2, 0.25) is 0 Å². The predicted octanol–water partition coefficient (Wildman–Crippen LogP) is -0.617. The van der Waals surface area contributed by atoms with E-state index in [-0.39, 0.29) is 17.4 Å². The molecule has 3 N–H and O–H groups in total. The van der Waals surface area contributed by atoms with Gasteiger partial charge in [0.2, 0.25) is 11.5 Å². The number of aromatic nitrogens is 1. The quantitative estimate of drug-likeness (QED) is 0.638. The summed E-state index contributed by atoms with van der Waals surface area (Å²) in [5.41, 5.74) is 0.0694. The molecule has 1 aliphatic heterocycles. The van der Waals surface area contributed by atoms with Crippen LogP contribution in [0.15, 0.2) is 23.1 Å². The largest absolute Gasteiger partial charge is 0.354 e. The topological polar surface area (TPSA) is 91.1 Å². The highest BCUT2D eigenvalue weighted by molar-refractivity contribution is 5.97. The molecule has 0 aliphatic carbocycles. The first-order valence-corrected chi connectivity index (χ1v) is 5.44. The maximum absolute atomic E-state index is 11.8. The molecule has 2 amide bonds. The van der Waals surface area contributed by atoms with Crippen LogP contribution < -0.4 is 16.2 Å². The molecule has 6 heteroatoms. The maximum Gasteiger partial charge on any atom is 0.253 e. The lowest BCUT2D eigenvalue weighted by Gasteiger charge is -2.22. The highest BCUT2D eigenvalue weighted by Crippen LogP contribution is 2.04. The Morgan fingerprint density at radius 3 is 2.82 bits per heavy atom. The minimum atomic E-state index is -0.483. The number of pyridine rings is 1.